The molecule has 3 atom stereocenters. The first-order valence-corrected chi connectivity index (χ1v) is 7.61. The van der Waals surface area contributed by atoms with Crippen molar-refractivity contribution in [2.45, 2.75) is 18.4 Å². The van der Waals surface area contributed by atoms with Crippen molar-refractivity contribution in [1.29, 1.82) is 0 Å². The maximum Gasteiger partial charge on any atom is 0.292 e. The molecule has 5 heteroatoms. The Morgan fingerprint density at radius 1 is 1.17 bits per heavy atom. The van der Waals surface area contributed by atoms with Gasteiger partial charge in [-0.1, -0.05) is 36.4 Å². The standard InChI is InChI=1S/C18H15FN2O2/c19-12-9-7-11(8-10-12)17-14-4-1-3-13(14)15-5-2-6-16(21(22)23)18(15)20-17/h1-3,5-10,13-14,17,20H,4H2/t13-,14-,17+/m0/s1. The second-order valence-electron chi connectivity index (χ2n) is 6.03. The number of allylic oxidation sites excluding steroid dienone is 2. The van der Waals surface area contributed by atoms with E-state index in [1.54, 1.807) is 18.2 Å². The van der Waals surface area contributed by atoms with Crippen LogP contribution in [-0.4, -0.2) is 4.92 Å². The van der Waals surface area contributed by atoms with Crippen LogP contribution in [0.1, 0.15) is 29.5 Å². The predicted octanol–water partition coefficient (Wildman–Crippen LogP) is 4.56. The molecule has 0 radical (unpaired) electrons. The number of fused-ring (bicyclic) bond motifs is 3. The van der Waals surface area contributed by atoms with E-state index in [0.29, 0.717) is 5.69 Å². The number of hydrogen-bond acceptors (Lipinski definition) is 3. The Morgan fingerprint density at radius 3 is 2.70 bits per heavy atom. The monoisotopic (exact) mass is 310 g/mol. The van der Waals surface area contributed by atoms with Crippen LogP contribution in [0.15, 0.2) is 54.6 Å². The summed E-state index contributed by atoms with van der Waals surface area (Å²) in [6.45, 7) is 0. The lowest BCUT2D eigenvalue weighted by Gasteiger charge is -2.37. The zero-order chi connectivity index (χ0) is 16.0. The summed E-state index contributed by atoms with van der Waals surface area (Å²) in [7, 11) is 0. The van der Waals surface area contributed by atoms with Gasteiger partial charge >= 0.3 is 0 Å². The van der Waals surface area contributed by atoms with Crippen molar-refractivity contribution < 1.29 is 9.31 Å². The number of hydrogen-bond donors (Lipinski definition) is 1. The van der Waals surface area contributed by atoms with Gasteiger partial charge in [0.25, 0.3) is 5.69 Å². The third-order valence-corrected chi connectivity index (χ3v) is 4.80. The molecule has 0 unspecified atom stereocenters. The predicted molar refractivity (Wildman–Crippen MR) is 85.8 cm³/mol. The Balaban J connectivity index is 1.83. The van der Waals surface area contributed by atoms with Crippen LogP contribution in [0.25, 0.3) is 0 Å². The average molecular weight is 310 g/mol. The van der Waals surface area contributed by atoms with Crippen molar-refractivity contribution in [3.05, 3.63) is 81.7 Å². The lowest BCUT2D eigenvalue weighted by Crippen LogP contribution is -2.29. The highest BCUT2D eigenvalue weighted by Crippen LogP contribution is 2.51. The normalized spacial score (nSPS) is 24.7. The fourth-order valence-corrected chi connectivity index (χ4v) is 3.76. The smallest absolute Gasteiger partial charge is 0.292 e. The fraction of sp³-hybridized carbons (Fsp3) is 0.222. The van der Waals surface area contributed by atoms with E-state index in [-0.39, 0.29) is 34.3 Å². The van der Waals surface area contributed by atoms with Gasteiger partial charge in [0.2, 0.25) is 0 Å². The topological polar surface area (TPSA) is 55.2 Å². The molecular formula is C18H15FN2O2. The van der Waals surface area contributed by atoms with Crippen molar-refractivity contribution >= 4 is 11.4 Å². The molecule has 1 heterocycles. The molecule has 0 amide bonds. The van der Waals surface area contributed by atoms with Crippen molar-refractivity contribution in [2.75, 3.05) is 5.32 Å². The van der Waals surface area contributed by atoms with Crippen LogP contribution in [0.4, 0.5) is 15.8 Å². The van der Waals surface area contributed by atoms with E-state index in [4.69, 9.17) is 0 Å². The first-order valence-electron chi connectivity index (χ1n) is 7.61. The van der Waals surface area contributed by atoms with Gasteiger partial charge in [0, 0.05) is 12.0 Å². The second-order valence-corrected chi connectivity index (χ2v) is 6.03. The SMILES string of the molecule is O=[N+]([O-])c1cccc2c1N[C@H](c1ccc(F)cc1)[C@H]1CC=C[C@H]21. The number of para-hydroxylation sites is 1. The number of nitrogens with zero attached hydrogens (tertiary/aromatic N) is 1. The van der Waals surface area contributed by atoms with E-state index >= 15 is 0 Å². The fourth-order valence-electron chi connectivity index (χ4n) is 3.76. The maximum absolute atomic E-state index is 13.2. The number of nitro groups is 1. The minimum absolute atomic E-state index is 0.0656. The highest BCUT2D eigenvalue weighted by Gasteiger charge is 2.40. The molecular weight excluding hydrogens is 295 g/mol. The summed E-state index contributed by atoms with van der Waals surface area (Å²) in [5.74, 6) is 0.160. The van der Waals surface area contributed by atoms with Gasteiger partial charge in [-0.25, -0.2) is 4.39 Å². The molecule has 4 nitrogen and oxygen atoms in total. The average Bonchev–Trinajstić information content (AvgIpc) is 3.04. The molecule has 0 aromatic heterocycles. The van der Waals surface area contributed by atoms with Crippen LogP contribution in [0, 0.1) is 21.8 Å². The molecule has 1 aliphatic heterocycles. The molecule has 1 aliphatic carbocycles. The van der Waals surface area contributed by atoms with Crippen molar-refractivity contribution in [1.82, 2.24) is 0 Å². The summed E-state index contributed by atoms with van der Waals surface area (Å²) in [5, 5.41) is 14.7. The van der Waals surface area contributed by atoms with Gasteiger partial charge in [0.15, 0.2) is 0 Å². The molecule has 0 bridgehead atoms. The molecule has 0 fully saturated rings. The Morgan fingerprint density at radius 2 is 1.96 bits per heavy atom. The molecule has 4 rings (SSSR count). The van der Waals surface area contributed by atoms with Gasteiger partial charge in [0.1, 0.15) is 11.5 Å². The lowest BCUT2D eigenvalue weighted by molar-refractivity contribution is -0.384. The van der Waals surface area contributed by atoms with Crippen molar-refractivity contribution in [2.24, 2.45) is 5.92 Å². The van der Waals surface area contributed by atoms with E-state index in [0.717, 1.165) is 17.5 Å². The number of benzene rings is 2. The van der Waals surface area contributed by atoms with Gasteiger partial charge in [0.05, 0.1) is 11.0 Å². The summed E-state index contributed by atoms with van der Waals surface area (Å²) in [4.78, 5) is 11.0. The number of rotatable bonds is 2. The molecule has 2 aliphatic rings. The van der Waals surface area contributed by atoms with E-state index in [9.17, 15) is 14.5 Å². The maximum atomic E-state index is 13.2. The van der Waals surface area contributed by atoms with E-state index < -0.39 is 0 Å². The van der Waals surface area contributed by atoms with E-state index in [2.05, 4.69) is 17.5 Å². The van der Waals surface area contributed by atoms with Gasteiger partial charge in [-0.05, 0) is 35.6 Å². The van der Waals surface area contributed by atoms with Gasteiger partial charge in [-0.3, -0.25) is 10.1 Å². The summed E-state index contributed by atoms with van der Waals surface area (Å²) in [6, 6.07) is 11.5. The number of nitrogens with one attached hydrogen (secondary N) is 1. The molecule has 2 aromatic carbocycles. The molecule has 23 heavy (non-hydrogen) atoms. The molecule has 0 saturated carbocycles. The third-order valence-electron chi connectivity index (χ3n) is 4.80. The minimum Gasteiger partial charge on any atom is -0.372 e. The van der Waals surface area contributed by atoms with Crippen LogP contribution >= 0.6 is 0 Å². The Kier molecular flexibility index (Phi) is 3.15. The minimum atomic E-state index is -0.355. The van der Waals surface area contributed by atoms with Gasteiger partial charge in [-0.15, -0.1) is 0 Å². The van der Waals surface area contributed by atoms with E-state index in [1.165, 1.54) is 18.2 Å². The summed E-state index contributed by atoms with van der Waals surface area (Å²) in [5.41, 5.74) is 2.60. The zero-order valence-electron chi connectivity index (χ0n) is 12.3. The highest BCUT2D eigenvalue weighted by molar-refractivity contribution is 5.71. The second kappa shape index (κ2) is 5.19. The van der Waals surface area contributed by atoms with Crippen LogP contribution < -0.4 is 5.32 Å². The van der Waals surface area contributed by atoms with Crippen LogP contribution in [0.5, 0.6) is 0 Å². The third kappa shape index (κ3) is 2.20. The van der Waals surface area contributed by atoms with Crippen LogP contribution in [-0.2, 0) is 0 Å². The Bertz CT molecular complexity index is 801. The Hall–Kier alpha value is -2.69. The van der Waals surface area contributed by atoms with Crippen LogP contribution in [0.2, 0.25) is 0 Å². The van der Waals surface area contributed by atoms with Crippen LogP contribution in [0.3, 0.4) is 0 Å². The number of halogens is 1. The molecule has 0 saturated heterocycles. The first-order chi connectivity index (χ1) is 11.1. The molecule has 116 valence electrons. The van der Waals surface area contributed by atoms with Crippen molar-refractivity contribution in [3.8, 4) is 0 Å². The summed E-state index contributed by atoms with van der Waals surface area (Å²) >= 11 is 0. The van der Waals surface area contributed by atoms with Gasteiger partial charge < -0.3 is 5.32 Å². The van der Waals surface area contributed by atoms with Gasteiger partial charge in [-0.2, -0.15) is 0 Å². The quantitative estimate of drug-likeness (QED) is 0.502. The molecule has 2 aromatic rings. The lowest BCUT2D eigenvalue weighted by atomic mass is 9.77. The Labute approximate surface area is 132 Å². The largest absolute Gasteiger partial charge is 0.372 e. The highest BCUT2D eigenvalue weighted by atomic mass is 19.1. The number of anilines is 1. The number of nitro benzene ring substituents is 1. The summed E-state index contributed by atoms with van der Waals surface area (Å²) in [6.07, 6.45) is 5.16. The molecule has 1 N–H and O–H groups in total. The van der Waals surface area contributed by atoms with Crippen molar-refractivity contribution in [3.63, 3.8) is 0 Å². The van der Waals surface area contributed by atoms with E-state index in [1.807, 2.05) is 6.07 Å². The first kappa shape index (κ1) is 13.9. The molecule has 0 spiro atoms. The zero-order valence-corrected chi connectivity index (χ0v) is 12.3. The summed E-state index contributed by atoms with van der Waals surface area (Å²) < 4.78 is 13.2.